The van der Waals surface area contributed by atoms with Gasteiger partial charge in [-0.05, 0) is 12.1 Å². The van der Waals surface area contributed by atoms with Gasteiger partial charge in [-0.2, -0.15) is 0 Å². The Labute approximate surface area is 94.4 Å². The van der Waals surface area contributed by atoms with Gasteiger partial charge in [0, 0.05) is 31.9 Å². The maximum atomic E-state index is 11.3. The highest BCUT2D eigenvalue weighted by molar-refractivity contribution is 5.81. The van der Waals surface area contributed by atoms with Crippen LogP contribution in [0.1, 0.15) is 12.8 Å². The highest BCUT2D eigenvalue weighted by Gasteiger charge is 2.05. The topological polar surface area (TPSA) is 60.3 Å². The molecule has 0 saturated carbocycles. The van der Waals surface area contributed by atoms with E-state index in [2.05, 4.69) is 10.1 Å². The molecule has 0 aromatic carbocycles. The molecule has 0 aliphatic carbocycles. The average molecular weight is 224 g/mol. The Balaban J connectivity index is 2.09. The van der Waals surface area contributed by atoms with Crippen LogP contribution in [0.5, 0.6) is 0 Å². The van der Waals surface area contributed by atoms with Gasteiger partial charge < -0.3 is 14.6 Å². The molecule has 0 spiro atoms. The standard InChI is InChI=1S/C11H16N2O3/c1-16-11(15)5-4-10(14)12-6-9-13-7-2-3-8-13/h2-3,7-8H,4-6,9H2,1H3,(H,12,14). The normalized spacial score (nSPS) is 9.81. The Kier molecular flexibility index (Phi) is 5.11. The van der Waals surface area contributed by atoms with E-state index in [1.165, 1.54) is 7.11 Å². The number of methoxy groups -OCH3 is 1. The number of ether oxygens (including phenoxy) is 1. The van der Waals surface area contributed by atoms with Gasteiger partial charge >= 0.3 is 5.97 Å². The quantitative estimate of drug-likeness (QED) is 0.718. The summed E-state index contributed by atoms with van der Waals surface area (Å²) in [5.74, 6) is -0.488. The van der Waals surface area contributed by atoms with Crippen LogP contribution in [0.3, 0.4) is 0 Å². The van der Waals surface area contributed by atoms with Gasteiger partial charge in [0.25, 0.3) is 0 Å². The van der Waals surface area contributed by atoms with Crippen molar-refractivity contribution >= 4 is 11.9 Å². The first kappa shape index (κ1) is 12.3. The average Bonchev–Trinajstić information content (AvgIpc) is 2.79. The molecule has 5 nitrogen and oxygen atoms in total. The monoisotopic (exact) mass is 224 g/mol. The van der Waals surface area contributed by atoms with Crippen molar-refractivity contribution < 1.29 is 14.3 Å². The predicted molar refractivity (Wildman–Crippen MR) is 58.7 cm³/mol. The van der Waals surface area contributed by atoms with Gasteiger partial charge in [-0.3, -0.25) is 9.59 Å². The van der Waals surface area contributed by atoms with Crippen LogP contribution < -0.4 is 5.32 Å². The van der Waals surface area contributed by atoms with E-state index >= 15 is 0 Å². The van der Waals surface area contributed by atoms with Crippen LogP contribution in [0, 0.1) is 0 Å². The lowest BCUT2D eigenvalue weighted by molar-refractivity contribution is -0.142. The summed E-state index contributed by atoms with van der Waals surface area (Å²) in [5.41, 5.74) is 0. The maximum absolute atomic E-state index is 11.3. The minimum atomic E-state index is -0.361. The predicted octanol–water partition coefficient (Wildman–Crippen LogP) is 0.557. The van der Waals surface area contributed by atoms with Crippen molar-refractivity contribution in [1.29, 1.82) is 0 Å². The summed E-state index contributed by atoms with van der Waals surface area (Å²) in [6, 6.07) is 3.86. The molecule has 1 aromatic rings. The molecule has 1 aromatic heterocycles. The van der Waals surface area contributed by atoms with Crippen LogP contribution >= 0.6 is 0 Å². The molecule has 0 aliphatic rings. The van der Waals surface area contributed by atoms with Gasteiger partial charge in [0.05, 0.1) is 13.5 Å². The number of hydrogen-bond acceptors (Lipinski definition) is 3. The van der Waals surface area contributed by atoms with Crippen molar-refractivity contribution in [3.05, 3.63) is 24.5 Å². The van der Waals surface area contributed by atoms with Crippen molar-refractivity contribution in [2.45, 2.75) is 19.4 Å². The van der Waals surface area contributed by atoms with Gasteiger partial charge in [-0.1, -0.05) is 0 Å². The SMILES string of the molecule is COC(=O)CCC(=O)NCCn1cccc1. The number of carbonyl (C=O) groups is 2. The number of hydrogen-bond donors (Lipinski definition) is 1. The van der Waals surface area contributed by atoms with E-state index in [4.69, 9.17) is 0 Å². The molecular weight excluding hydrogens is 208 g/mol. The molecule has 0 atom stereocenters. The Bertz CT molecular complexity index is 333. The Hall–Kier alpha value is -1.78. The molecule has 16 heavy (non-hydrogen) atoms. The Morgan fingerprint density at radius 1 is 1.25 bits per heavy atom. The highest BCUT2D eigenvalue weighted by atomic mass is 16.5. The van der Waals surface area contributed by atoms with E-state index in [1.54, 1.807) is 0 Å². The Morgan fingerprint density at radius 3 is 2.56 bits per heavy atom. The first-order chi connectivity index (χ1) is 7.72. The zero-order chi connectivity index (χ0) is 11.8. The molecule has 0 fully saturated rings. The van der Waals surface area contributed by atoms with Crippen LogP contribution in [0.25, 0.3) is 0 Å². The third-order valence-corrected chi connectivity index (χ3v) is 2.14. The number of aromatic nitrogens is 1. The van der Waals surface area contributed by atoms with E-state index in [9.17, 15) is 9.59 Å². The van der Waals surface area contributed by atoms with Crippen molar-refractivity contribution in [2.24, 2.45) is 0 Å². The summed E-state index contributed by atoms with van der Waals surface area (Å²) in [6.45, 7) is 1.30. The van der Waals surface area contributed by atoms with Crippen LogP contribution in [0.4, 0.5) is 0 Å². The number of nitrogens with one attached hydrogen (secondary N) is 1. The third-order valence-electron chi connectivity index (χ3n) is 2.14. The van der Waals surface area contributed by atoms with E-state index in [-0.39, 0.29) is 24.7 Å². The Morgan fingerprint density at radius 2 is 1.94 bits per heavy atom. The van der Waals surface area contributed by atoms with Crippen molar-refractivity contribution in [3.8, 4) is 0 Å². The summed E-state index contributed by atoms with van der Waals surface area (Å²) < 4.78 is 6.41. The summed E-state index contributed by atoms with van der Waals surface area (Å²) >= 11 is 0. The second-order valence-corrected chi connectivity index (χ2v) is 3.35. The van der Waals surface area contributed by atoms with Gasteiger partial charge in [0.15, 0.2) is 0 Å². The van der Waals surface area contributed by atoms with Crippen LogP contribution in [0.2, 0.25) is 0 Å². The fourth-order valence-corrected chi connectivity index (χ4v) is 1.25. The van der Waals surface area contributed by atoms with Crippen molar-refractivity contribution in [3.63, 3.8) is 0 Å². The summed E-state index contributed by atoms with van der Waals surface area (Å²) in [5, 5.41) is 2.73. The van der Waals surface area contributed by atoms with E-state index < -0.39 is 0 Å². The molecule has 0 bridgehead atoms. The number of nitrogens with zero attached hydrogens (tertiary/aromatic N) is 1. The van der Waals surface area contributed by atoms with Crippen molar-refractivity contribution in [1.82, 2.24) is 9.88 Å². The highest BCUT2D eigenvalue weighted by Crippen LogP contribution is 1.92. The molecule has 1 heterocycles. The molecule has 5 heteroatoms. The fraction of sp³-hybridized carbons (Fsp3) is 0.455. The summed E-state index contributed by atoms with van der Waals surface area (Å²) in [7, 11) is 1.31. The summed E-state index contributed by atoms with van der Waals surface area (Å²) in [6.07, 6.45) is 4.17. The number of esters is 1. The van der Waals surface area contributed by atoms with Crippen LogP contribution in [-0.4, -0.2) is 30.1 Å². The molecule has 0 aliphatic heterocycles. The molecule has 1 amide bonds. The smallest absolute Gasteiger partial charge is 0.306 e. The maximum Gasteiger partial charge on any atom is 0.306 e. The first-order valence-corrected chi connectivity index (χ1v) is 5.16. The fourth-order valence-electron chi connectivity index (χ4n) is 1.25. The molecule has 0 unspecified atom stereocenters. The zero-order valence-corrected chi connectivity index (χ0v) is 9.31. The second kappa shape index (κ2) is 6.66. The molecule has 0 saturated heterocycles. The number of amides is 1. The van der Waals surface area contributed by atoms with E-state index in [1.807, 2.05) is 29.1 Å². The first-order valence-electron chi connectivity index (χ1n) is 5.16. The van der Waals surface area contributed by atoms with Gasteiger partial charge in [-0.15, -0.1) is 0 Å². The minimum absolute atomic E-state index is 0.127. The van der Waals surface area contributed by atoms with Crippen LogP contribution in [0.15, 0.2) is 24.5 Å². The van der Waals surface area contributed by atoms with E-state index in [0.29, 0.717) is 6.54 Å². The van der Waals surface area contributed by atoms with Gasteiger partial charge in [-0.25, -0.2) is 0 Å². The lowest BCUT2D eigenvalue weighted by atomic mass is 10.3. The number of rotatable bonds is 6. The van der Waals surface area contributed by atoms with Gasteiger partial charge in [0.2, 0.25) is 5.91 Å². The lowest BCUT2D eigenvalue weighted by Gasteiger charge is -2.05. The second-order valence-electron chi connectivity index (χ2n) is 3.35. The molecule has 88 valence electrons. The van der Waals surface area contributed by atoms with E-state index in [0.717, 1.165) is 6.54 Å². The molecule has 1 rings (SSSR count). The van der Waals surface area contributed by atoms with Crippen molar-refractivity contribution in [2.75, 3.05) is 13.7 Å². The lowest BCUT2D eigenvalue weighted by Crippen LogP contribution is -2.27. The molecule has 1 N–H and O–H groups in total. The molecular formula is C11H16N2O3. The van der Waals surface area contributed by atoms with Gasteiger partial charge in [0.1, 0.15) is 0 Å². The minimum Gasteiger partial charge on any atom is -0.469 e. The zero-order valence-electron chi connectivity index (χ0n) is 9.31. The van der Waals surface area contributed by atoms with Crippen LogP contribution in [-0.2, 0) is 20.9 Å². The number of carbonyl (C=O) groups excluding carboxylic acids is 2. The molecule has 0 radical (unpaired) electrons. The summed E-state index contributed by atoms with van der Waals surface area (Å²) in [4.78, 5) is 22.0. The largest absolute Gasteiger partial charge is 0.469 e. The third kappa shape index (κ3) is 4.63.